The topological polar surface area (TPSA) is 66.2 Å². The van der Waals surface area contributed by atoms with Crippen molar-refractivity contribution in [2.24, 2.45) is 7.05 Å². The highest BCUT2D eigenvalue weighted by atomic mass is 32.1. The predicted octanol–water partition coefficient (Wildman–Crippen LogP) is 1.35. The maximum Gasteiger partial charge on any atom is 0.357 e. The molecule has 0 unspecified atom stereocenters. The van der Waals surface area contributed by atoms with E-state index < -0.39 is 5.97 Å². The Balaban J connectivity index is 2.04. The van der Waals surface area contributed by atoms with Crippen molar-refractivity contribution in [3.63, 3.8) is 0 Å². The lowest BCUT2D eigenvalue weighted by molar-refractivity contribution is 0.0382. The number of nitrogens with zero attached hydrogens (tertiary/aromatic N) is 3. The average Bonchev–Trinajstić information content (AvgIpc) is 2.97. The monoisotopic (exact) mass is 267 g/mol. The Bertz CT molecular complexity index is 535. The molecule has 0 aliphatic heterocycles. The Hall–Kier alpha value is -1.73. The first-order chi connectivity index (χ1) is 8.70. The highest BCUT2D eigenvalue weighted by Crippen LogP contribution is 2.23. The summed E-state index contributed by atoms with van der Waals surface area (Å²) in [6.45, 7) is 0.612. The molecule has 0 amide bonds. The summed E-state index contributed by atoms with van der Waals surface area (Å²) in [5.41, 5.74) is 1.20. The van der Waals surface area contributed by atoms with E-state index >= 15 is 0 Å². The van der Waals surface area contributed by atoms with Crippen molar-refractivity contribution >= 4 is 17.3 Å². The standard InChI is InChI=1S/C11H13N3O3S/c1-14-6-8(5-12-14)10-13-9(7-18-10)11(15)17-4-3-16-2/h5-7H,3-4H2,1-2H3. The van der Waals surface area contributed by atoms with Crippen LogP contribution in [0, 0.1) is 0 Å². The summed E-state index contributed by atoms with van der Waals surface area (Å²) in [4.78, 5) is 15.8. The summed E-state index contributed by atoms with van der Waals surface area (Å²) in [5.74, 6) is -0.432. The quantitative estimate of drug-likeness (QED) is 0.604. The van der Waals surface area contributed by atoms with Gasteiger partial charge < -0.3 is 9.47 Å². The average molecular weight is 267 g/mol. The Labute approximate surface area is 108 Å². The van der Waals surface area contributed by atoms with Gasteiger partial charge in [0.05, 0.1) is 12.8 Å². The van der Waals surface area contributed by atoms with Gasteiger partial charge in [-0.1, -0.05) is 0 Å². The van der Waals surface area contributed by atoms with E-state index in [4.69, 9.17) is 9.47 Å². The van der Waals surface area contributed by atoms with Crippen LogP contribution in [0.2, 0.25) is 0 Å². The van der Waals surface area contributed by atoms with Crippen LogP contribution in [0.4, 0.5) is 0 Å². The summed E-state index contributed by atoms with van der Waals surface area (Å²) in [6.07, 6.45) is 3.55. The second kappa shape index (κ2) is 5.74. The van der Waals surface area contributed by atoms with Crippen LogP contribution >= 0.6 is 11.3 Å². The highest BCUT2D eigenvalue weighted by molar-refractivity contribution is 7.13. The molecule has 0 N–H and O–H groups in total. The van der Waals surface area contributed by atoms with Crippen molar-refractivity contribution in [2.45, 2.75) is 0 Å². The molecule has 18 heavy (non-hydrogen) atoms. The molecule has 2 rings (SSSR count). The normalized spacial score (nSPS) is 10.6. The molecule has 0 radical (unpaired) electrons. The van der Waals surface area contributed by atoms with Gasteiger partial charge in [0.25, 0.3) is 0 Å². The number of aryl methyl sites for hydroxylation is 1. The third-order valence-electron chi connectivity index (χ3n) is 2.19. The first kappa shape index (κ1) is 12.7. The van der Waals surface area contributed by atoms with Crippen molar-refractivity contribution in [3.05, 3.63) is 23.5 Å². The molecule has 6 nitrogen and oxygen atoms in total. The van der Waals surface area contributed by atoms with Crippen LogP contribution < -0.4 is 0 Å². The summed E-state index contributed by atoms with van der Waals surface area (Å²) < 4.78 is 11.5. The fourth-order valence-electron chi connectivity index (χ4n) is 1.32. The Morgan fingerprint density at radius 1 is 1.50 bits per heavy atom. The first-order valence-corrected chi connectivity index (χ1v) is 6.19. The molecule has 0 saturated heterocycles. The summed E-state index contributed by atoms with van der Waals surface area (Å²) >= 11 is 1.39. The highest BCUT2D eigenvalue weighted by Gasteiger charge is 2.13. The van der Waals surface area contributed by atoms with Crippen molar-refractivity contribution in [3.8, 4) is 10.6 Å². The van der Waals surface area contributed by atoms with Crippen LogP contribution in [0.15, 0.2) is 17.8 Å². The van der Waals surface area contributed by atoms with Crippen molar-refractivity contribution in [1.29, 1.82) is 0 Å². The molecule has 96 valence electrons. The lowest BCUT2D eigenvalue weighted by Gasteiger charge is -2.00. The Morgan fingerprint density at radius 3 is 3.00 bits per heavy atom. The van der Waals surface area contributed by atoms with Crippen LogP contribution in [0.3, 0.4) is 0 Å². The number of esters is 1. The molecule has 0 spiro atoms. The zero-order valence-corrected chi connectivity index (χ0v) is 10.9. The van der Waals surface area contributed by atoms with Gasteiger partial charge in [0.2, 0.25) is 0 Å². The minimum Gasteiger partial charge on any atom is -0.458 e. The van der Waals surface area contributed by atoms with E-state index in [2.05, 4.69) is 10.1 Å². The number of methoxy groups -OCH3 is 1. The molecule has 2 heterocycles. The second-order valence-corrected chi connectivity index (χ2v) is 4.43. The molecule has 0 atom stereocenters. The molecule has 2 aromatic rings. The van der Waals surface area contributed by atoms with Gasteiger partial charge in [-0.2, -0.15) is 5.10 Å². The van der Waals surface area contributed by atoms with E-state index in [1.54, 1.807) is 23.4 Å². The summed E-state index contributed by atoms with van der Waals surface area (Å²) in [5, 5.41) is 6.49. The zero-order valence-electron chi connectivity index (χ0n) is 10.1. The largest absolute Gasteiger partial charge is 0.458 e. The zero-order chi connectivity index (χ0) is 13.0. The number of carbonyl (C=O) groups is 1. The van der Waals surface area contributed by atoms with Gasteiger partial charge in [-0.15, -0.1) is 11.3 Å². The second-order valence-electron chi connectivity index (χ2n) is 3.57. The number of hydrogen-bond donors (Lipinski definition) is 0. The van der Waals surface area contributed by atoms with E-state index in [1.807, 2.05) is 13.2 Å². The molecule has 0 fully saturated rings. The maximum atomic E-state index is 11.6. The number of thiazole rings is 1. The van der Waals surface area contributed by atoms with Crippen LogP contribution in [0.1, 0.15) is 10.5 Å². The minimum atomic E-state index is -0.432. The SMILES string of the molecule is COCCOC(=O)c1csc(-c2cnn(C)c2)n1. The molecular formula is C11H13N3O3S. The molecule has 0 aliphatic rings. The lowest BCUT2D eigenvalue weighted by atomic mass is 10.4. The van der Waals surface area contributed by atoms with E-state index in [0.717, 1.165) is 10.6 Å². The molecule has 0 aliphatic carbocycles. The molecule has 0 saturated carbocycles. The number of carbonyl (C=O) groups excluding carboxylic acids is 1. The van der Waals surface area contributed by atoms with Crippen molar-refractivity contribution in [2.75, 3.05) is 20.3 Å². The fraction of sp³-hybridized carbons (Fsp3) is 0.364. The summed E-state index contributed by atoms with van der Waals surface area (Å²) in [6, 6.07) is 0. The molecule has 0 aromatic carbocycles. The van der Waals surface area contributed by atoms with E-state index in [-0.39, 0.29) is 6.61 Å². The number of aromatic nitrogens is 3. The third-order valence-corrected chi connectivity index (χ3v) is 3.08. The van der Waals surface area contributed by atoms with Gasteiger partial charge in [-0.05, 0) is 0 Å². The van der Waals surface area contributed by atoms with Crippen molar-refractivity contribution < 1.29 is 14.3 Å². The van der Waals surface area contributed by atoms with Gasteiger partial charge in [0.15, 0.2) is 5.69 Å². The van der Waals surface area contributed by atoms with E-state index in [9.17, 15) is 4.79 Å². The predicted molar refractivity (Wildman–Crippen MR) is 66.5 cm³/mol. The smallest absolute Gasteiger partial charge is 0.357 e. The number of hydrogen-bond acceptors (Lipinski definition) is 6. The van der Waals surface area contributed by atoms with Crippen LogP contribution in [-0.4, -0.2) is 41.1 Å². The van der Waals surface area contributed by atoms with Gasteiger partial charge in [0.1, 0.15) is 11.6 Å². The van der Waals surface area contributed by atoms with Gasteiger partial charge in [-0.25, -0.2) is 9.78 Å². The Morgan fingerprint density at radius 2 is 2.33 bits per heavy atom. The minimum absolute atomic E-state index is 0.231. The van der Waals surface area contributed by atoms with Crippen LogP contribution in [-0.2, 0) is 16.5 Å². The van der Waals surface area contributed by atoms with Crippen LogP contribution in [0.5, 0.6) is 0 Å². The number of ether oxygens (including phenoxy) is 2. The van der Waals surface area contributed by atoms with Crippen molar-refractivity contribution in [1.82, 2.24) is 14.8 Å². The fourth-order valence-corrected chi connectivity index (χ4v) is 2.09. The molecular weight excluding hydrogens is 254 g/mol. The summed E-state index contributed by atoms with van der Waals surface area (Å²) in [7, 11) is 3.38. The van der Waals surface area contributed by atoms with Gasteiger partial charge in [0, 0.05) is 31.3 Å². The first-order valence-electron chi connectivity index (χ1n) is 5.31. The van der Waals surface area contributed by atoms with Crippen LogP contribution in [0.25, 0.3) is 10.6 Å². The number of rotatable bonds is 5. The van der Waals surface area contributed by atoms with E-state index in [0.29, 0.717) is 12.3 Å². The molecule has 0 bridgehead atoms. The molecule has 2 aromatic heterocycles. The molecule has 7 heteroatoms. The van der Waals surface area contributed by atoms with E-state index in [1.165, 1.54) is 11.3 Å². The Kier molecular flexibility index (Phi) is 4.06. The van der Waals surface area contributed by atoms with Gasteiger partial charge >= 0.3 is 5.97 Å². The maximum absolute atomic E-state index is 11.6. The third kappa shape index (κ3) is 2.93. The van der Waals surface area contributed by atoms with Gasteiger partial charge in [-0.3, -0.25) is 4.68 Å². The lowest BCUT2D eigenvalue weighted by Crippen LogP contribution is -2.10.